The van der Waals surface area contributed by atoms with Gasteiger partial charge in [-0.25, -0.2) is 4.98 Å². The van der Waals surface area contributed by atoms with Crippen LogP contribution in [0.2, 0.25) is 0 Å². The number of nitrogens with one attached hydrogen (secondary N) is 2. The third-order valence-corrected chi connectivity index (χ3v) is 3.14. The van der Waals surface area contributed by atoms with Crippen LogP contribution < -0.4 is 10.6 Å². The summed E-state index contributed by atoms with van der Waals surface area (Å²) in [6, 6.07) is 9.78. The molecular weight excluding hydrogens is 338 g/mol. The van der Waals surface area contributed by atoms with E-state index in [1.54, 1.807) is 25.2 Å². The fourth-order valence-corrected chi connectivity index (χ4v) is 2.03. The summed E-state index contributed by atoms with van der Waals surface area (Å²) < 4.78 is 0.781. The van der Waals surface area contributed by atoms with E-state index in [4.69, 9.17) is 5.26 Å². The molecule has 2 aromatic rings. The first-order valence-corrected chi connectivity index (χ1v) is 6.63. The van der Waals surface area contributed by atoms with E-state index in [9.17, 15) is 10.1 Å². The van der Waals surface area contributed by atoms with Crippen LogP contribution in [-0.4, -0.2) is 17.0 Å². The predicted octanol–water partition coefficient (Wildman–Crippen LogP) is 3.41. The van der Waals surface area contributed by atoms with Gasteiger partial charge in [-0.05, 0) is 18.2 Å². The van der Waals surface area contributed by atoms with Gasteiger partial charge in [0.1, 0.15) is 17.7 Å². The zero-order valence-corrected chi connectivity index (χ0v) is 12.5. The van der Waals surface area contributed by atoms with Gasteiger partial charge in [0.2, 0.25) is 0 Å². The van der Waals surface area contributed by atoms with E-state index in [0.717, 1.165) is 4.47 Å². The Kier molecular flexibility index (Phi) is 4.35. The highest BCUT2D eigenvalue weighted by Crippen LogP contribution is 2.27. The van der Waals surface area contributed by atoms with Crippen LogP contribution in [0.3, 0.4) is 0 Å². The van der Waals surface area contributed by atoms with Gasteiger partial charge in [-0.15, -0.1) is 0 Å². The van der Waals surface area contributed by atoms with Crippen molar-refractivity contribution in [1.82, 2.24) is 4.98 Å². The minimum atomic E-state index is -0.500. The fraction of sp³-hybridized carbons (Fsp3) is 0.0769. The molecule has 21 heavy (non-hydrogen) atoms. The topological polar surface area (TPSA) is 104 Å². The van der Waals surface area contributed by atoms with Crippen molar-refractivity contribution in [2.45, 2.75) is 0 Å². The van der Waals surface area contributed by atoms with E-state index in [0.29, 0.717) is 17.1 Å². The summed E-state index contributed by atoms with van der Waals surface area (Å²) in [7, 11) is 1.62. The first-order chi connectivity index (χ1) is 10.0. The Balaban J connectivity index is 2.44. The molecule has 1 heterocycles. The molecule has 0 bridgehead atoms. The average molecular weight is 348 g/mol. The highest BCUT2D eigenvalue weighted by Gasteiger charge is 2.12. The maximum absolute atomic E-state index is 10.9. The number of aromatic nitrogens is 1. The lowest BCUT2D eigenvalue weighted by Gasteiger charge is -2.09. The largest absolute Gasteiger partial charge is 0.373 e. The van der Waals surface area contributed by atoms with E-state index in [1.807, 2.05) is 6.07 Å². The smallest absolute Gasteiger partial charge is 0.276 e. The Bertz CT molecular complexity index is 742. The molecule has 0 saturated carbocycles. The second kappa shape index (κ2) is 6.19. The summed E-state index contributed by atoms with van der Waals surface area (Å²) >= 11 is 3.31. The van der Waals surface area contributed by atoms with E-state index in [2.05, 4.69) is 31.5 Å². The number of benzene rings is 1. The molecule has 106 valence electrons. The van der Waals surface area contributed by atoms with Crippen molar-refractivity contribution >= 4 is 38.9 Å². The first-order valence-electron chi connectivity index (χ1n) is 5.84. The summed E-state index contributed by atoms with van der Waals surface area (Å²) in [5.74, 6) is 0.642. The van der Waals surface area contributed by atoms with Gasteiger partial charge in [0, 0.05) is 11.5 Å². The Morgan fingerprint density at radius 2 is 2.05 bits per heavy atom. The average Bonchev–Trinajstić information content (AvgIpc) is 2.47. The Morgan fingerprint density at radius 3 is 2.67 bits per heavy atom. The molecule has 0 radical (unpaired) electrons. The molecule has 2 rings (SSSR count). The summed E-state index contributed by atoms with van der Waals surface area (Å²) in [5.41, 5.74) is 0.838. The van der Waals surface area contributed by atoms with Gasteiger partial charge in [0.05, 0.1) is 28.3 Å². The third-order valence-electron chi connectivity index (χ3n) is 2.64. The molecule has 0 unspecified atom stereocenters. The molecule has 8 heteroatoms. The van der Waals surface area contributed by atoms with E-state index >= 15 is 0 Å². The van der Waals surface area contributed by atoms with Crippen LogP contribution in [0.5, 0.6) is 0 Å². The predicted molar refractivity (Wildman–Crippen MR) is 82.6 cm³/mol. The highest BCUT2D eigenvalue weighted by molar-refractivity contribution is 9.10. The van der Waals surface area contributed by atoms with Crippen molar-refractivity contribution in [1.29, 1.82) is 5.26 Å². The van der Waals surface area contributed by atoms with Gasteiger partial charge in [-0.2, -0.15) is 5.26 Å². The van der Waals surface area contributed by atoms with Gasteiger partial charge < -0.3 is 10.6 Å². The molecule has 1 aromatic heterocycles. The number of pyridine rings is 1. The van der Waals surface area contributed by atoms with Crippen LogP contribution in [0, 0.1) is 21.4 Å². The second-order valence-electron chi connectivity index (χ2n) is 4.03. The summed E-state index contributed by atoms with van der Waals surface area (Å²) in [4.78, 5) is 14.6. The SMILES string of the molecule is CNc1cc([N+](=O)[O-])cc(Nc2cc(Br)ccc2C#N)n1. The normalized spacial score (nSPS) is 9.76. The van der Waals surface area contributed by atoms with E-state index < -0.39 is 4.92 Å². The molecule has 0 fully saturated rings. The van der Waals surface area contributed by atoms with Crippen molar-refractivity contribution in [3.8, 4) is 6.07 Å². The molecule has 0 aliphatic heterocycles. The number of nitrogens with zero attached hydrogens (tertiary/aromatic N) is 3. The number of nitriles is 1. The fourth-order valence-electron chi connectivity index (χ4n) is 1.67. The Labute approximate surface area is 128 Å². The minimum absolute atomic E-state index is 0.0923. The molecule has 0 aliphatic rings. The van der Waals surface area contributed by atoms with Crippen molar-refractivity contribution in [2.24, 2.45) is 0 Å². The van der Waals surface area contributed by atoms with Gasteiger partial charge in [0.25, 0.3) is 5.69 Å². The van der Waals surface area contributed by atoms with E-state index in [1.165, 1.54) is 12.1 Å². The maximum atomic E-state index is 10.9. The van der Waals surface area contributed by atoms with E-state index in [-0.39, 0.29) is 11.5 Å². The van der Waals surface area contributed by atoms with Crippen molar-refractivity contribution in [3.63, 3.8) is 0 Å². The zero-order chi connectivity index (χ0) is 15.4. The number of anilines is 3. The second-order valence-corrected chi connectivity index (χ2v) is 4.95. The number of halogens is 1. The Morgan fingerprint density at radius 1 is 1.33 bits per heavy atom. The van der Waals surface area contributed by atoms with Crippen LogP contribution in [-0.2, 0) is 0 Å². The molecular formula is C13H10BrN5O2. The number of rotatable bonds is 4. The van der Waals surface area contributed by atoms with Gasteiger partial charge in [-0.1, -0.05) is 15.9 Å². The van der Waals surface area contributed by atoms with Crippen molar-refractivity contribution < 1.29 is 4.92 Å². The molecule has 1 aromatic carbocycles. The summed E-state index contributed by atoms with van der Waals surface area (Å²) in [6.45, 7) is 0. The molecule has 0 amide bonds. The number of nitro groups is 1. The first kappa shape index (κ1) is 14.7. The standard InChI is InChI=1S/C13H10BrN5O2/c1-16-12-5-10(19(20)21)6-13(18-12)17-11-4-9(14)3-2-8(11)7-15/h2-6H,1H3,(H2,16,17,18). The summed E-state index contributed by atoms with van der Waals surface area (Å²) in [6.07, 6.45) is 0. The molecule has 7 nitrogen and oxygen atoms in total. The number of hydrogen-bond donors (Lipinski definition) is 2. The lowest BCUT2D eigenvalue weighted by atomic mass is 10.2. The highest BCUT2D eigenvalue weighted by atomic mass is 79.9. The summed E-state index contributed by atoms with van der Waals surface area (Å²) in [5, 5.41) is 25.7. The molecule has 2 N–H and O–H groups in total. The third kappa shape index (κ3) is 3.46. The number of hydrogen-bond acceptors (Lipinski definition) is 6. The maximum Gasteiger partial charge on any atom is 0.276 e. The van der Waals surface area contributed by atoms with Crippen LogP contribution in [0.15, 0.2) is 34.8 Å². The molecule has 0 saturated heterocycles. The van der Waals surface area contributed by atoms with Gasteiger partial charge in [0.15, 0.2) is 0 Å². The zero-order valence-electron chi connectivity index (χ0n) is 10.9. The molecule has 0 aliphatic carbocycles. The molecule has 0 spiro atoms. The van der Waals surface area contributed by atoms with Crippen molar-refractivity contribution in [3.05, 3.63) is 50.5 Å². The van der Waals surface area contributed by atoms with Crippen molar-refractivity contribution in [2.75, 3.05) is 17.7 Å². The van der Waals surface area contributed by atoms with Crippen LogP contribution in [0.4, 0.5) is 23.0 Å². The molecule has 0 atom stereocenters. The quantitative estimate of drug-likeness (QED) is 0.648. The lowest BCUT2D eigenvalue weighted by Crippen LogP contribution is -2.01. The monoisotopic (exact) mass is 347 g/mol. The lowest BCUT2D eigenvalue weighted by molar-refractivity contribution is -0.384. The Hall–Kier alpha value is -2.66. The van der Waals surface area contributed by atoms with Crippen LogP contribution >= 0.6 is 15.9 Å². The van der Waals surface area contributed by atoms with Gasteiger partial charge in [-0.3, -0.25) is 10.1 Å². The minimum Gasteiger partial charge on any atom is -0.373 e. The van der Waals surface area contributed by atoms with Crippen LogP contribution in [0.1, 0.15) is 5.56 Å². The van der Waals surface area contributed by atoms with Gasteiger partial charge >= 0.3 is 0 Å². The van der Waals surface area contributed by atoms with Crippen LogP contribution in [0.25, 0.3) is 0 Å².